The number of H-pyrrole nitrogens is 1. The van der Waals surface area contributed by atoms with Crippen LogP contribution in [0.15, 0.2) is 18.3 Å². The zero-order valence-electron chi connectivity index (χ0n) is 7.29. The molecule has 1 aliphatic heterocycles. The Hall–Kier alpha value is -0.360. The summed E-state index contributed by atoms with van der Waals surface area (Å²) in [5, 5.41) is 0. The van der Waals surface area contributed by atoms with E-state index in [1.54, 1.807) is 0 Å². The van der Waals surface area contributed by atoms with Gasteiger partial charge in [0.05, 0.1) is 16.8 Å². The summed E-state index contributed by atoms with van der Waals surface area (Å²) in [6, 6.07) is 4.23. The fourth-order valence-corrected chi connectivity index (χ4v) is 1.73. The Morgan fingerprint density at radius 1 is 1.31 bits per heavy atom. The van der Waals surface area contributed by atoms with E-state index in [9.17, 15) is 0 Å². The number of hydrogen-bond donors (Lipinski definition) is 0. The van der Waals surface area contributed by atoms with Gasteiger partial charge in [0.1, 0.15) is 19.3 Å². The minimum absolute atomic E-state index is 0.833. The van der Waals surface area contributed by atoms with Gasteiger partial charge in [0, 0.05) is 6.07 Å². The Morgan fingerprint density at radius 2 is 2.08 bits per heavy atom. The number of aromatic nitrogens is 1. The van der Waals surface area contributed by atoms with Crippen LogP contribution in [0.5, 0.6) is 0 Å². The summed E-state index contributed by atoms with van der Waals surface area (Å²) in [6.45, 7) is 3.63. The monoisotopic (exact) mass is 291 g/mol. The molecule has 0 unspecified atom stereocenters. The zero-order chi connectivity index (χ0) is 9.10. The molecule has 0 spiro atoms. The molecule has 2 heterocycles. The Bertz CT molecular complexity index is 269. The molecule has 0 radical (unpaired) electrons. The maximum atomic E-state index is 5.29. The molecule has 1 aromatic heterocycles. The molecule has 0 aromatic carbocycles. The first-order chi connectivity index (χ1) is 6.36. The van der Waals surface area contributed by atoms with E-state index in [-0.39, 0.29) is 0 Å². The molecule has 1 aromatic rings. The first kappa shape index (κ1) is 9.21. The lowest BCUT2D eigenvalue weighted by atomic mass is 10.4. The van der Waals surface area contributed by atoms with Crippen LogP contribution in [0.1, 0.15) is 0 Å². The number of aromatic amines is 1. The second-order valence-electron chi connectivity index (χ2n) is 2.99. The number of nitrogens with zero attached hydrogens (tertiary/aromatic N) is 1. The smallest absolute Gasteiger partial charge is 0.274 e. The zero-order valence-corrected chi connectivity index (χ0v) is 9.45. The summed E-state index contributed by atoms with van der Waals surface area (Å²) in [4.78, 5) is 5.57. The van der Waals surface area contributed by atoms with Crippen LogP contribution in [0.2, 0.25) is 0 Å². The van der Waals surface area contributed by atoms with E-state index < -0.39 is 0 Å². The number of pyridine rings is 1. The Kier molecular flexibility index (Phi) is 3.00. The van der Waals surface area contributed by atoms with Gasteiger partial charge in [0.25, 0.3) is 5.82 Å². The van der Waals surface area contributed by atoms with Crippen molar-refractivity contribution in [1.82, 2.24) is 0 Å². The van der Waals surface area contributed by atoms with Crippen molar-refractivity contribution in [2.45, 2.75) is 0 Å². The van der Waals surface area contributed by atoms with E-state index in [2.05, 4.69) is 44.6 Å². The van der Waals surface area contributed by atoms with Gasteiger partial charge >= 0.3 is 0 Å². The second-order valence-corrected chi connectivity index (χ2v) is 4.24. The third-order valence-corrected chi connectivity index (χ3v) is 2.78. The van der Waals surface area contributed by atoms with Crippen molar-refractivity contribution in [3.63, 3.8) is 0 Å². The highest BCUT2D eigenvalue weighted by atomic mass is 127. The van der Waals surface area contributed by atoms with Crippen LogP contribution in [0.25, 0.3) is 0 Å². The molecule has 1 saturated heterocycles. The van der Waals surface area contributed by atoms with E-state index >= 15 is 0 Å². The average molecular weight is 291 g/mol. The number of anilines is 1. The average Bonchev–Trinajstić information content (AvgIpc) is 2.20. The van der Waals surface area contributed by atoms with Gasteiger partial charge in [-0.05, 0) is 28.7 Å². The van der Waals surface area contributed by atoms with E-state index in [0.29, 0.717) is 0 Å². The van der Waals surface area contributed by atoms with Crippen LogP contribution in [-0.4, -0.2) is 26.3 Å². The van der Waals surface area contributed by atoms with Gasteiger partial charge in [0.15, 0.2) is 0 Å². The third-order valence-electron chi connectivity index (χ3n) is 2.11. The number of halogens is 1. The number of ether oxygens (including phenoxy) is 1. The molecule has 0 bridgehead atoms. The van der Waals surface area contributed by atoms with Crippen LogP contribution >= 0.6 is 22.6 Å². The van der Waals surface area contributed by atoms with E-state index in [0.717, 1.165) is 26.3 Å². The van der Waals surface area contributed by atoms with Crippen molar-refractivity contribution in [3.05, 3.63) is 21.9 Å². The quantitative estimate of drug-likeness (QED) is 0.720. The first-order valence-electron chi connectivity index (χ1n) is 4.36. The van der Waals surface area contributed by atoms with Gasteiger partial charge in [-0.15, -0.1) is 0 Å². The molecule has 0 amide bonds. The molecule has 1 aliphatic rings. The van der Waals surface area contributed by atoms with Crippen LogP contribution < -0.4 is 9.88 Å². The highest BCUT2D eigenvalue weighted by Gasteiger charge is 2.18. The van der Waals surface area contributed by atoms with Gasteiger partial charge in [-0.25, -0.2) is 4.98 Å². The number of hydrogen-bond acceptors (Lipinski definition) is 2. The minimum Gasteiger partial charge on any atom is -0.373 e. The van der Waals surface area contributed by atoms with Crippen LogP contribution in [0, 0.1) is 3.57 Å². The molecule has 1 N–H and O–H groups in total. The predicted octanol–water partition coefficient (Wildman–Crippen LogP) is 0.942. The number of morpholine rings is 1. The molecular formula is C9H12IN2O+. The molecule has 2 rings (SSSR count). The summed E-state index contributed by atoms with van der Waals surface area (Å²) in [6.07, 6.45) is 2.02. The second kappa shape index (κ2) is 4.23. The number of rotatable bonds is 1. The summed E-state index contributed by atoms with van der Waals surface area (Å²) in [5.74, 6) is 1.18. The van der Waals surface area contributed by atoms with Crippen molar-refractivity contribution >= 4 is 28.4 Å². The van der Waals surface area contributed by atoms with Crippen LogP contribution in [0.4, 0.5) is 5.82 Å². The molecule has 70 valence electrons. The largest absolute Gasteiger partial charge is 0.373 e. The van der Waals surface area contributed by atoms with Crippen LogP contribution in [-0.2, 0) is 4.74 Å². The fraction of sp³-hybridized carbons (Fsp3) is 0.444. The predicted molar refractivity (Wildman–Crippen MR) is 58.7 cm³/mol. The molecule has 0 atom stereocenters. The Balaban J connectivity index is 2.10. The minimum atomic E-state index is 0.833. The van der Waals surface area contributed by atoms with E-state index in [4.69, 9.17) is 4.74 Å². The molecule has 0 saturated carbocycles. The van der Waals surface area contributed by atoms with Crippen LogP contribution in [0.3, 0.4) is 0 Å². The number of nitrogens with one attached hydrogen (secondary N) is 1. The normalized spacial score (nSPS) is 17.5. The lowest BCUT2D eigenvalue weighted by Crippen LogP contribution is -2.39. The van der Waals surface area contributed by atoms with Gasteiger partial charge in [-0.3, -0.25) is 4.90 Å². The highest BCUT2D eigenvalue weighted by Crippen LogP contribution is 2.10. The lowest BCUT2D eigenvalue weighted by molar-refractivity contribution is -0.365. The lowest BCUT2D eigenvalue weighted by Gasteiger charge is -2.21. The fourth-order valence-electron chi connectivity index (χ4n) is 1.40. The van der Waals surface area contributed by atoms with Crippen molar-refractivity contribution in [2.24, 2.45) is 0 Å². The maximum absolute atomic E-state index is 5.29. The highest BCUT2D eigenvalue weighted by molar-refractivity contribution is 14.1. The summed E-state index contributed by atoms with van der Waals surface area (Å²) in [5.41, 5.74) is 0. The van der Waals surface area contributed by atoms with E-state index in [1.807, 2.05) is 6.20 Å². The van der Waals surface area contributed by atoms with Crippen molar-refractivity contribution in [2.75, 3.05) is 31.2 Å². The maximum Gasteiger partial charge on any atom is 0.274 e. The molecule has 3 nitrogen and oxygen atoms in total. The summed E-state index contributed by atoms with van der Waals surface area (Å²) < 4.78 is 6.52. The first-order valence-corrected chi connectivity index (χ1v) is 5.44. The van der Waals surface area contributed by atoms with E-state index in [1.165, 1.54) is 9.39 Å². The summed E-state index contributed by atoms with van der Waals surface area (Å²) >= 11 is 2.29. The molecular weight excluding hydrogens is 279 g/mol. The molecule has 1 fully saturated rings. The standard InChI is InChI=1S/C9H11IN2O/c10-8-1-2-9(11-7-8)12-3-5-13-6-4-12/h1-2,7H,3-6H2/p+1. The molecule has 13 heavy (non-hydrogen) atoms. The topological polar surface area (TPSA) is 26.6 Å². The van der Waals surface area contributed by atoms with Crippen molar-refractivity contribution in [3.8, 4) is 0 Å². The summed E-state index contributed by atoms with van der Waals surface area (Å²) in [7, 11) is 0. The molecule has 0 aliphatic carbocycles. The van der Waals surface area contributed by atoms with Crippen molar-refractivity contribution < 1.29 is 9.72 Å². The third kappa shape index (κ3) is 2.31. The van der Waals surface area contributed by atoms with Gasteiger partial charge in [-0.2, -0.15) is 0 Å². The van der Waals surface area contributed by atoms with Crippen molar-refractivity contribution in [1.29, 1.82) is 0 Å². The Morgan fingerprint density at radius 3 is 2.69 bits per heavy atom. The SMILES string of the molecule is Ic1ccc(N2CCOCC2)[nH+]c1. The van der Waals surface area contributed by atoms with Gasteiger partial charge in [-0.1, -0.05) is 0 Å². The van der Waals surface area contributed by atoms with Gasteiger partial charge in [0.2, 0.25) is 0 Å². The van der Waals surface area contributed by atoms with Gasteiger partial charge < -0.3 is 4.74 Å². The Labute approximate surface area is 91.2 Å². The molecule has 4 heteroatoms.